The highest BCUT2D eigenvalue weighted by Gasteiger charge is 2.36. The zero-order valence-electron chi connectivity index (χ0n) is 8.41. The summed E-state index contributed by atoms with van der Waals surface area (Å²) in [5, 5.41) is 17.9. The highest BCUT2D eigenvalue weighted by atomic mass is 16.4. The average Bonchev–Trinajstić information content (AvgIpc) is 2.19. The number of hydrogen-bond donors (Lipinski definition) is 3. The van der Waals surface area contributed by atoms with E-state index in [0.29, 0.717) is 12.3 Å². The molecule has 0 aromatic rings. The number of carboxylic acid groups (broad SMARTS) is 1. The third kappa shape index (κ3) is 2.69. The van der Waals surface area contributed by atoms with E-state index in [1.54, 1.807) is 0 Å². The van der Waals surface area contributed by atoms with Crippen molar-refractivity contribution in [2.75, 3.05) is 6.61 Å². The summed E-state index contributed by atoms with van der Waals surface area (Å²) in [6, 6.07) is 0. The van der Waals surface area contributed by atoms with Gasteiger partial charge >= 0.3 is 5.97 Å². The van der Waals surface area contributed by atoms with Gasteiger partial charge in [0.1, 0.15) is 5.54 Å². The lowest BCUT2D eigenvalue weighted by molar-refractivity contribution is -0.145. The quantitative estimate of drug-likeness (QED) is 0.626. The largest absolute Gasteiger partial charge is 0.480 e. The molecule has 82 valence electrons. The van der Waals surface area contributed by atoms with Crippen molar-refractivity contribution in [2.45, 2.75) is 44.1 Å². The third-order valence-corrected chi connectivity index (χ3v) is 3.09. The molecule has 4 N–H and O–H groups in total. The molecule has 0 bridgehead atoms. The third-order valence-electron chi connectivity index (χ3n) is 3.09. The van der Waals surface area contributed by atoms with Crippen molar-refractivity contribution in [1.82, 2.24) is 0 Å². The summed E-state index contributed by atoms with van der Waals surface area (Å²) >= 11 is 0. The van der Waals surface area contributed by atoms with Gasteiger partial charge in [-0.1, -0.05) is 32.1 Å². The summed E-state index contributed by atoms with van der Waals surface area (Å²) in [6.07, 6.45) is 6.05. The minimum absolute atomic E-state index is 0.372. The number of aliphatic carboxylic acids is 1. The molecule has 0 radical (unpaired) electrons. The van der Waals surface area contributed by atoms with Crippen LogP contribution in [0, 0.1) is 5.92 Å². The Morgan fingerprint density at radius 1 is 1.36 bits per heavy atom. The van der Waals surface area contributed by atoms with Gasteiger partial charge in [0.25, 0.3) is 0 Å². The van der Waals surface area contributed by atoms with E-state index in [2.05, 4.69) is 0 Å². The lowest BCUT2D eigenvalue weighted by atomic mass is 9.80. The molecule has 0 spiro atoms. The summed E-state index contributed by atoms with van der Waals surface area (Å²) in [6.45, 7) is -0.473. The molecule has 0 saturated heterocycles. The number of aliphatic hydroxyl groups is 1. The Labute approximate surface area is 84.1 Å². The normalized spacial score (nSPS) is 23.0. The van der Waals surface area contributed by atoms with Crippen LogP contribution in [0.5, 0.6) is 0 Å². The second-order valence-corrected chi connectivity index (χ2v) is 4.33. The molecule has 0 amide bonds. The minimum Gasteiger partial charge on any atom is -0.480 e. The number of carbonyl (C=O) groups is 1. The van der Waals surface area contributed by atoms with Gasteiger partial charge in [0.2, 0.25) is 0 Å². The lowest BCUT2D eigenvalue weighted by Gasteiger charge is -2.29. The first-order valence-electron chi connectivity index (χ1n) is 5.21. The molecular formula is C10H19NO3. The number of carboxylic acids is 1. The van der Waals surface area contributed by atoms with Crippen molar-refractivity contribution in [3.63, 3.8) is 0 Å². The van der Waals surface area contributed by atoms with E-state index in [1.807, 2.05) is 0 Å². The molecule has 1 fully saturated rings. The van der Waals surface area contributed by atoms with Crippen LogP contribution in [0.4, 0.5) is 0 Å². The summed E-state index contributed by atoms with van der Waals surface area (Å²) in [5.41, 5.74) is 4.19. The van der Waals surface area contributed by atoms with Crippen molar-refractivity contribution in [3.05, 3.63) is 0 Å². The standard InChI is InChI=1S/C10H19NO3/c11-10(7-12,9(13)14)6-8-4-2-1-3-5-8/h8,12H,1-7,11H2,(H,13,14)/t10-/m0/s1. The SMILES string of the molecule is N[C@](CO)(CC1CCCCC1)C(=O)O. The lowest BCUT2D eigenvalue weighted by Crippen LogP contribution is -2.52. The number of hydrogen-bond acceptors (Lipinski definition) is 3. The van der Waals surface area contributed by atoms with Gasteiger partial charge in [-0.3, -0.25) is 4.79 Å². The maximum Gasteiger partial charge on any atom is 0.326 e. The Morgan fingerprint density at radius 2 is 1.93 bits per heavy atom. The molecule has 1 aliphatic rings. The predicted octanol–water partition coefficient (Wildman–Crippen LogP) is 0.731. The van der Waals surface area contributed by atoms with Gasteiger partial charge in [-0.2, -0.15) is 0 Å². The van der Waals surface area contributed by atoms with Crippen LogP contribution in [-0.2, 0) is 4.79 Å². The van der Waals surface area contributed by atoms with Gasteiger partial charge in [0.15, 0.2) is 0 Å². The average molecular weight is 201 g/mol. The maximum atomic E-state index is 10.8. The summed E-state index contributed by atoms with van der Waals surface area (Å²) in [7, 11) is 0. The minimum atomic E-state index is -1.43. The van der Waals surface area contributed by atoms with Crippen LogP contribution in [-0.4, -0.2) is 28.3 Å². The number of rotatable bonds is 4. The monoisotopic (exact) mass is 201 g/mol. The van der Waals surface area contributed by atoms with E-state index in [0.717, 1.165) is 25.7 Å². The van der Waals surface area contributed by atoms with Gasteiger partial charge in [-0.15, -0.1) is 0 Å². The van der Waals surface area contributed by atoms with Gasteiger partial charge in [0.05, 0.1) is 6.61 Å². The summed E-state index contributed by atoms with van der Waals surface area (Å²) in [5.74, 6) is -0.720. The van der Waals surface area contributed by atoms with Crippen LogP contribution < -0.4 is 5.73 Å². The summed E-state index contributed by atoms with van der Waals surface area (Å²) < 4.78 is 0. The van der Waals surface area contributed by atoms with Crippen molar-refractivity contribution >= 4 is 5.97 Å². The summed E-state index contributed by atoms with van der Waals surface area (Å²) in [4.78, 5) is 10.8. The predicted molar refractivity (Wildman–Crippen MR) is 52.8 cm³/mol. The first-order valence-corrected chi connectivity index (χ1v) is 5.21. The molecule has 1 rings (SSSR count). The number of nitrogens with two attached hydrogens (primary N) is 1. The van der Waals surface area contributed by atoms with Crippen molar-refractivity contribution in [3.8, 4) is 0 Å². The fourth-order valence-corrected chi connectivity index (χ4v) is 2.13. The Hall–Kier alpha value is -0.610. The van der Waals surface area contributed by atoms with Crippen LogP contribution in [0.1, 0.15) is 38.5 Å². The topological polar surface area (TPSA) is 83.5 Å². The Balaban J connectivity index is 2.50. The van der Waals surface area contributed by atoms with Crippen molar-refractivity contribution < 1.29 is 15.0 Å². The molecule has 0 aromatic carbocycles. The molecule has 1 atom stereocenters. The molecule has 0 heterocycles. The second kappa shape index (κ2) is 4.75. The molecular weight excluding hydrogens is 182 g/mol. The molecule has 0 unspecified atom stereocenters. The van der Waals surface area contributed by atoms with Crippen LogP contribution in [0.15, 0.2) is 0 Å². The molecule has 0 aliphatic heterocycles. The Kier molecular flexibility index (Phi) is 3.89. The molecule has 4 nitrogen and oxygen atoms in total. The maximum absolute atomic E-state index is 10.8. The highest BCUT2D eigenvalue weighted by molar-refractivity contribution is 5.78. The van der Waals surface area contributed by atoms with E-state index in [1.165, 1.54) is 6.42 Å². The molecule has 4 heteroatoms. The smallest absolute Gasteiger partial charge is 0.326 e. The zero-order valence-corrected chi connectivity index (χ0v) is 8.41. The van der Waals surface area contributed by atoms with Crippen LogP contribution in [0.3, 0.4) is 0 Å². The van der Waals surface area contributed by atoms with E-state index in [-0.39, 0.29) is 0 Å². The molecule has 1 saturated carbocycles. The first-order chi connectivity index (χ1) is 6.58. The van der Waals surface area contributed by atoms with Crippen molar-refractivity contribution in [2.24, 2.45) is 11.7 Å². The second-order valence-electron chi connectivity index (χ2n) is 4.33. The van der Waals surface area contributed by atoms with Crippen LogP contribution in [0.2, 0.25) is 0 Å². The molecule has 14 heavy (non-hydrogen) atoms. The van der Waals surface area contributed by atoms with Crippen molar-refractivity contribution in [1.29, 1.82) is 0 Å². The van der Waals surface area contributed by atoms with Gasteiger partial charge in [-0.05, 0) is 12.3 Å². The van der Waals surface area contributed by atoms with Gasteiger partial charge in [-0.25, -0.2) is 0 Å². The first kappa shape index (κ1) is 11.5. The van der Waals surface area contributed by atoms with E-state index in [9.17, 15) is 4.79 Å². The Bertz CT molecular complexity index is 202. The Morgan fingerprint density at radius 3 is 2.36 bits per heavy atom. The zero-order chi connectivity index (χ0) is 10.6. The molecule has 1 aliphatic carbocycles. The van der Waals surface area contributed by atoms with E-state index < -0.39 is 18.1 Å². The van der Waals surface area contributed by atoms with Crippen LogP contribution >= 0.6 is 0 Å². The fourth-order valence-electron chi connectivity index (χ4n) is 2.13. The van der Waals surface area contributed by atoms with E-state index >= 15 is 0 Å². The number of aliphatic hydroxyl groups excluding tert-OH is 1. The fraction of sp³-hybridized carbons (Fsp3) is 0.900. The van der Waals surface area contributed by atoms with Gasteiger partial charge in [0, 0.05) is 0 Å². The molecule has 0 aromatic heterocycles. The highest BCUT2D eigenvalue weighted by Crippen LogP contribution is 2.29. The van der Waals surface area contributed by atoms with Crippen LogP contribution in [0.25, 0.3) is 0 Å². The van der Waals surface area contributed by atoms with Gasteiger partial charge < -0.3 is 15.9 Å². The van der Waals surface area contributed by atoms with E-state index in [4.69, 9.17) is 15.9 Å².